The lowest BCUT2D eigenvalue weighted by Gasteiger charge is -2.26. The number of nitro benzene ring substituents is 1. The molecule has 1 aliphatic heterocycles. The molecular weight excluding hydrogens is 406 g/mol. The fourth-order valence-electron chi connectivity index (χ4n) is 4.09. The van der Waals surface area contributed by atoms with Gasteiger partial charge in [0.2, 0.25) is 0 Å². The van der Waals surface area contributed by atoms with Gasteiger partial charge in [-0.1, -0.05) is 40.2 Å². The van der Waals surface area contributed by atoms with E-state index in [0.29, 0.717) is 12.1 Å². The van der Waals surface area contributed by atoms with Gasteiger partial charge >= 0.3 is 0 Å². The predicted octanol–water partition coefficient (Wildman–Crippen LogP) is 4.74. The van der Waals surface area contributed by atoms with Crippen LogP contribution < -0.4 is 5.32 Å². The Morgan fingerprint density at radius 2 is 2.11 bits per heavy atom. The minimum atomic E-state index is -0.214. The smallest absolute Gasteiger partial charge is 0.296 e. The quantitative estimate of drug-likeness (QED) is 0.548. The summed E-state index contributed by atoms with van der Waals surface area (Å²) in [6.45, 7) is 2.86. The molecule has 0 aromatic heterocycles. The largest absolute Gasteiger partial charge is 0.382 e. The Labute approximate surface area is 169 Å². The topological polar surface area (TPSA) is 58.4 Å². The summed E-state index contributed by atoms with van der Waals surface area (Å²) < 4.78 is 1.13. The number of anilines is 1. The number of benzene rings is 2. The molecule has 2 aromatic carbocycles. The Morgan fingerprint density at radius 3 is 2.78 bits per heavy atom. The summed E-state index contributed by atoms with van der Waals surface area (Å²) >= 11 is 3.62. The third kappa shape index (κ3) is 4.17. The number of aryl methyl sites for hydroxylation is 2. The van der Waals surface area contributed by atoms with Crippen LogP contribution in [-0.2, 0) is 19.3 Å². The molecule has 1 aliphatic rings. The molecule has 0 bridgehead atoms. The predicted molar refractivity (Wildman–Crippen MR) is 114 cm³/mol. The summed E-state index contributed by atoms with van der Waals surface area (Å²) in [7, 11) is 3.89. The monoisotopic (exact) mass is 431 g/mol. The van der Waals surface area contributed by atoms with E-state index >= 15 is 0 Å². The van der Waals surface area contributed by atoms with Crippen LogP contribution in [0.4, 0.5) is 11.4 Å². The highest BCUT2D eigenvalue weighted by Crippen LogP contribution is 2.37. The van der Waals surface area contributed by atoms with E-state index in [2.05, 4.69) is 57.5 Å². The third-order valence-electron chi connectivity index (χ3n) is 5.63. The molecule has 0 radical (unpaired) electrons. The van der Waals surface area contributed by atoms with Gasteiger partial charge in [0, 0.05) is 29.7 Å². The number of hydrogen-bond donors (Lipinski definition) is 1. The lowest BCUT2D eigenvalue weighted by Crippen LogP contribution is -2.33. The molecule has 3 rings (SSSR count). The van der Waals surface area contributed by atoms with E-state index in [0.717, 1.165) is 47.0 Å². The molecule has 0 saturated heterocycles. The SMILES string of the molecule is CNc1c(C)cc2c(c1[N+](=O)[O-])CC(CCc1ccccc1Br)N(C)CC2. The average Bonchev–Trinajstić information content (AvgIpc) is 2.79. The Morgan fingerprint density at radius 1 is 1.37 bits per heavy atom. The van der Waals surface area contributed by atoms with E-state index in [1.54, 1.807) is 7.05 Å². The van der Waals surface area contributed by atoms with Crippen LogP contribution in [0.5, 0.6) is 0 Å². The normalized spacial score (nSPS) is 17.3. The Bertz CT molecular complexity index is 854. The van der Waals surface area contributed by atoms with Gasteiger partial charge in [0.15, 0.2) is 0 Å². The van der Waals surface area contributed by atoms with Gasteiger partial charge in [-0.3, -0.25) is 10.1 Å². The number of halogens is 1. The number of nitrogens with one attached hydrogen (secondary N) is 1. The highest BCUT2D eigenvalue weighted by atomic mass is 79.9. The summed E-state index contributed by atoms with van der Waals surface area (Å²) in [5.74, 6) is 0. The third-order valence-corrected chi connectivity index (χ3v) is 6.40. The molecular formula is C21H26BrN3O2. The molecule has 144 valence electrons. The second kappa shape index (κ2) is 8.40. The fraction of sp³-hybridized carbons (Fsp3) is 0.429. The lowest BCUT2D eigenvalue weighted by atomic mass is 9.92. The number of nitro groups is 1. The van der Waals surface area contributed by atoms with Crippen molar-refractivity contribution in [2.75, 3.05) is 26.0 Å². The van der Waals surface area contributed by atoms with Crippen LogP contribution in [0.2, 0.25) is 0 Å². The van der Waals surface area contributed by atoms with Crippen molar-refractivity contribution in [2.24, 2.45) is 0 Å². The highest BCUT2D eigenvalue weighted by Gasteiger charge is 2.30. The zero-order valence-corrected chi connectivity index (χ0v) is 17.7. The van der Waals surface area contributed by atoms with Crippen LogP contribution in [0.1, 0.15) is 28.7 Å². The number of fused-ring (bicyclic) bond motifs is 1. The highest BCUT2D eigenvalue weighted by molar-refractivity contribution is 9.10. The molecule has 2 aromatic rings. The van der Waals surface area contributed by atoms with Crippen LogP contribution in [0.25, 0.3) is 0 Å². The number of nitrogens with zero attached hydrogens (tertiary/aromatic N) is 2. The van der Waals surface area contributed by atoms with E-state index in [9.17, 15) is 10.1 Å². The Balaban J connectivity index is 1.92. The van der Waals surface area contributed by atoms with Crippen molar-refractivity contribution in [3.05, 3.63) is 67.2 Å². The zero-order chi connectivity index (χ0) is 19.6. The van der Waals surface area contributed by atoms with Gasteiger partial charge < -0.3 is 10.2 Å². The molecule has 27 heavy (non-hydrogen) atoms. The van der Waals surface area contributed by atoms with Gasteiger partial charge in [0.25, 0.3) is 5.69 Å². The maximum absolute atomic E-state index is 11.9. The first-order valence-corrected chi connectivity index (χ1v) is 10.1. The average molecular weight is 432 g/mol. The van der Waals surface area contributed by atoms with Crippen LogP contribution >= 0.6 is 15.9 Å². The second-order valence-electron chi connectivity index (χ2n) is 7.28. The van der Waals surface area contributed by atoms with Crippen molar-refractivity contribution in [3.63, 3.8) is 0 Å². The standard InChI is InChI=1S/C21H26BrN3O2/c1-14-12-16-10-11-24(3)17(9-8-15-6-4-5-7-19(15)22)13-18(16)21(25(26)27)20(14)23-2/h4-7,12,17,23H,8-11,13H2,1-3H3. The molecule has 1 atom stereocenters. The van der Waals surface area contributed by atoms with Gasteiger partial charge in [-0.15, -0.1) is 0 Å². The van der Waals surface area contributed by atoms with Crippen LogP contribution in [-0.4, -0.2) is 36.5 Å². The molecule has 0 spiro atoms. The summed E-state index contributed by atoms with van der Waals surface area (Å²) in [4.78, 5) is 14.0. The van der Waals surface area contributed by atoms with E-state index in [-0.39, 0.29) is 16.7 Å². The first-order chi connectivity index (χ1) is 12.9. The molecule has 1 heterocycles. The van der Waals surface area contributed by atoms with Crippen molar-refractivity contribution >= 4 is 27.3 Å². The van der Waals surface area contributed by atoms with Crippen molar-refractivity contribution in [3.8, 4) is 0 Å². The van der Waals surface area contributed by atoms with Gasteiger partial charge in [-0.25, -0.2) is 0 Å². The van der Waals surface area contributed by atoms with E-state index < -0.39 is 0 Å². The molecule has 1 unspecified atom stereocenters. The molecule has 0 fully saturated rings. The lowest BCUT2D eigenvalue weighted by molar-refractivity contribution is -0.384. The molecule has 0 saturated carbocycles. The maximum Gasteiger partial charge on any atom is 0.296 e. The van der Waals surface area contributed by atoms with Crippen molar-refractivity contribution in [1.82, 2.24) is 4.90 Å². The minimum absolute atomic E-state index is 0.214. The first kappa shape index (κ1) is 19.8. The first-order valence-electron chi connectivity index (χ1n) is 9.33. The van der Waals surface area contributed by atoms with Crippen LogP contribution in [0.15, 0.2) is 34.8 Å². The van der Waals surface area contributed by atoms with Crippen molar-refractivity contribution in [2.45, 2.75) is 38.6 Å². The Hall–Kier alpha value is -1.92. The van der Waals surface area contributed by atoms with Crippen molar-refractivity contribution < 1.29 is 4.92 Å². The molecule has 0 amide bonds. The van der Waals surface area contributed by atoms with Gasteiger partial charge in [-0.05, 0) is 62.4 Å². The van der Waals surface area contributed by atoms with Crippen LogP contribution in [0, 0.1) is 17.0 Å². The number of likely N-dealkylation sites (N-methyl/N-ethyl adjacent to an activating group) is 1. The Kier molecular flexibility index (Phi) is 6.17. The number of hydrogen-bond acceptors (Lipinski definition) is 4. The van der Waals surface area contributed by atoms with Crippen LogP contribution in [0.3, 0.4) is 0 Å². The molecule has 6 heteroatoms. The summed E-state index contributed by atoms with van der Waals surface area (Å²) in [6, 6.07) is 10.7. The molecule has 1 N–H and O–H groups in total. The van der Waals surface area contributed by atoms with E-state index in [1.165, 1.54) is 5.56 Å². The molecule has 5 nitrogen and oxygen atoms in total. The second-order valence-corrected chi connectivity index (χ2v) is 8.13. The summed E-state index contributed by atoms with van der Waals surface area (Å²) in [5.41, 5.74) is 5.15. The van der Waals surface area contributed by atoms with Gasteiger partial charge in [0.1, 0.15) is 5.69 Å². The maximum atomic E-state index is 11.9. The van der Waals surface area contributed by atoms with E-state index in [1.807, 2.05) is 13.0 Å². The zero-order valence-electron chi connectivity index (χ0n) is 16.1. The number of rotatable bonds is 5. The summed E-state index contributed by atoms with van der Waals surface area (Å²) in [6.07, 6.45) is 3.48. The van der Waals surface area contributed by atoms with Crippen molar-refractivity contribution in [1.29, 1.82) is 0 Å². The van der Waals surface area contributed by atoms with Gasteiger partial charge in [0.05, 0.1) is 4.92 Å². The van der Waals surface area contributed by atoms with E-state index in [4.69, 9.17) is 0 Å². The minimum Gasteiger partial charge on any atom is -0.382 e. The van der Waals surface area contributed by atoms with Gasteiger partial charge in [-0.2, -0.15) is 0 Å². The fourth-order valence-corrected chi connectivity index (χ4v) is 4.58. The molecule has 0 aliphatic carbocycles. The summed E-state index contributed by atoms with van der Waals surface area (Å²) in [5, 5.41) is 14.9.